The molecular weight excluding hydrogens is 164 g/mol. The molecule has 0 fully saturated rings. The highest BCUT2D eigenvalue weighted by Crippen LogP contribution is 1.97. The summed E-state index contributed by atoms with van der Waals surface area (Å²) >= 11 is 0. The number of nitrogens with one attached hydrogen (secondary N) is 1. The number of nitrogens with zero attached hydrogens (tertiary/aromatic N) is 1. The van der Waals surface area contributed by atoms with Crippen LogP contribution in [0.3, 0.4) is 0 Å². The Kier molecular flexibility index (Phi) is 3.70. The number of carbonyl (C=O) groups excluding carboxylic acids is 1. The largest absolute Gasteiger partial charge is 0.271 e. The second-order valence-electron chi connectivity index (χ2n) is 2.53. The van der Waals surface area contributed by atoms with Crippen molar-refractivity contribution in [2.24, 2.45) is 5.10 Å². The van der Waals surface area contributed by atoms with E-state index in [-0.39, 0.29) is 5.91 Å². The van der Waals surface area contributed by atoms with E-state index in [4.69, 9.17) is 0 Å². The van der Waals surface area contributed by atoms with Crippen LogP contribution in [-0.2, 0) is 0 Å². The molecule has 0 saturated carbocycles. The Hall–Kier alpha value is -1.64. The standard InChI is InChI=1S/C10H12N2O/c1-2-8-11-12-10(13)9-6-4-3-5-7-9/h3-8H,2H2,1H3,(H,12,13). The second-order valence-corrected chi connectivity index (χ2v) is 2.53. The molecular formula is C10H12N2O. The predicted molar refractivity (Wildman–Crippen MR) is 52.7 cm³/mol. The Morgan fingerprint density at radius 3 is 2.77 bits per heavy atom. The van der Waals surface area contributed by atoms with Crippen molar-refractivity contribution in [2.45, 2.75) is 13.3 Å². The third-order valence-corrected chi connectivity index (χ3v) is 1.48. The van der Waals surface area contributed by atoms with Crippen LogP contribution in [-0.4, -0.2) is 12.1 Å². The lowest BCUT2D eigenvalue weighted by atomic mass is 10.2. The maximum atomic E-state index is 11.3. The first kappa shape index (κ1) is 9.45. The first-order valence-electron chi connectivity index (χ1n) is 4.21. The summed E-state index contributed by atoms with van der Waals surface area (Å²) in [6.45, 7) is 1.96. The summed E-state index contributed by atoms with van der Waals surface area (Å²) in [5.74, 6) is -0.176. The van der Waals surface area contributed by atoms with Crippen molar-refractivity contribution < 1.29 is 4.79 Å². The summed E-state index contributed by atoms with van der Waals surface area (Å²) in [7, 11) is 0. The molecule has 0 aliphatic rings. The molecule has 1 aromatic rings. The number of rotatable bonds is 3. The highest BCUT2D eigenvalue weighted by molar-refractivity contribution is 5.94. The molecule has 0 unspecified atom stereocenters. The lowest BCUT2D eigenvalue weighted by molar-refractivity contribution is 0.0955. The van der Waals surface area contributed by atoms with Crippen LogP contribution >= 0.6 is 0 Å². The van der Waals surface area contributed by atoms with Crippen LogP contribution in [0.5, 0.6) is 0 Å². The molecule has 0 heterocycles. The monoisotopic (exact) mass is 176 g/mol. The fourth-order valence-corrected chi connectivity index (χ4v) is 0.850. The molecule has 0 radical (unpaired) electrons. The normalized spacial score (nSPS) is 10.2. The summed E-state index contributed by atoms with van der Waals surface area (Å²) in [5, 5.41) is 3.74. The van der Waals surface area contributed by atoms with Gasteiger partial charge in [-0.05, 0) is 18.6 Å². The van der Waals surface area contributed by atoms with Crippen LogP contribution in [0.2, 0.25) is 0 Å². The second kappa shape index (κ2) is 5.09. The van der Waals surface area contributed by atoms with Gasteiger partial charge in [0.25, 0.3) is 5.91 Å². The van der Waals surface area contributed by atoms with E-state index in [2.05, 4.69) is 10.5 Å². The number of hydrogen-bond donors (Lipinski definition) is 1. The Balaban J connectivity index is 2.54. The fourth-order valence-electron chi connectivity index (χ4n) is 0.850. The van der Waals surface area contributed by atoms with Gasteiger partial charge in [-0.3, -0.25) is 4.79 Å². The lowest BCUT2D eigenvalue weighted by Crippen LogP contribution is -2.17. The van der Waals surface area contributed by atoms with E-state index in [0.717, 1.165) is 6.42 Å². The summed E-state index contributed by atoms with van der Waals surface area (Å²) in [5.41, 5.74) is 3.05. The molecule has 3 nitrogen and oxygen atoms in total. The van der Waals surface area contributed by atoms with Gasteiger partial charge in [0.15, 0.2) is 0 Å². The van der Waals surface area contributed by atoms with E-state index in [1.165, 1.54) is 0 Å². The highest BCUT2D eigenvalue weighted by Gasteiger charge is 2.00. The van der Waals surface area contributed by atoms with Crippen molar-refractivity contribution in [3.05, 3.63) is 35.9 Å². The zero-order chi connectivity index (χ0) is 9.52. The molecule has 3 heteroatoms. The quantitative estimate of drug-likeness (QED) is 0.554. The third kappa shape index (κ3) is 3.07. The van der Waals surface area contributed by atoms with Gasteiger partial charge in [-0.25, -0.2) is 5.43 Å². The van der Waals surface area contributed by atoms with Gasteiger partial charge < -0.3 is 0 Å². The molecule has 0 bridgehead atoms. The fraction of sp³-hybridized carbons (Fsp3) is 0.200. The van der Waals surface area contributed by atoms with Gasteiger partial charge in [0.1, 0.15) is 0 Å². The Labute approximate surface area is 77.5 Å². The van der Waals surface area contributed by atoms with Gasteiger partial charge in [-0.15, -0.1) is 0 Å². The van der Waals surface area contributed by atoms with Gasteiger partial charge >= 0.3 is 0 Å². The highest BCUT2D eigenvalue weighted by atomic mass is 16.2. The molecule has 1 rings (SSSR count). The minimum Gasteiger partial charge on any atom is -0.267 e. The molecule has 1 amide bonds. The van der Waals surface area contributed by atoms with E-state index >= 15 is 0 Å². The first-order chi connectivity index (χ1) is 6.34. The molecule has 0 atom stereocenters. The van der Waals surface area contributed by atoms with Gasteiger partial charge in [0.2, 0.25) is 0 Å². The first-order valence-corrected chi connectivity index (χ1v) is 4.21. The summed E-state index contributed by atoms with van der Waals surface area (Å²) in [6, 6.07) is 9.00. The number of hydrazone groups is 1. The SMILES string of the molecule is CCC=NNC(=O)c1ccccc1. The molecule has 0 aliphatic carbocycles. The Morgan fingerprint density at radius 1 is 1.46 bits per heavy atom. The third-order valence-electron chi connectivity index (χ3n) is 1.48. The van der Waals surface area contributed by atoms with E-state index in [9.17, 15) is 4.79 Å². The number of benzene rings is 1. The van der Waals surface area contributed by atoms with Gasteiger partial charge in [0.05, 0.1) is 0 Å². The molecule has 0 aromatic heterocycles. The molecule has 1 N–H and O–H groups in total. The van der Waals surface area contributed by atoms with Gasteiger partial charge in [0, 0.05) is 11.8 Å². The zero-order valence-corrected chi connectivity index (χ0v) is 7.53. The van der Waals surface area contributed by atoms with Crippen LogP contribution in [0.4, 0.5) is 0 Å². The van der Waals surface area contributed by atoms with E-state index in [1.54, 1.807) is 18.3 Å². The molecule has 0 spiro atoms. The van der Waals surface area contributed by atoms with E-state index < -0.39 is 0 Å². The Bertz CT molecular complexity index is 293. The van der Waals surface area contributed by atoms with Crippen molar-refractivity contribution in [3.63, 3.8) is 0 Å². The molecule has 0 aliphatic heterocycles. The number of hydrogen-bond acceptors (Lipinski definition) is 2. The van der Waals surface area contributed by atoms with Crippen LogP contribution < -0.4 is 5.43 Å². The maximum Gasteiger partial charge on any atom is 0.271 e. The minimum atomic E-state index is -0.176. The molecule has 0 saturated heterocycles. The lowest BCUT2D eigenvalue weighted by Gasteiger charge is -1.97. The minimum absolute atomic E-state index is 0.176. The maximum absolute atomic E-state index is 11.3. The Morgan fingerprint density at radius 2 is 2.15 bits per heavy atom. The molecule has 13 heavy (non-hydrogen) atoms. The van der Waals surface area contributed by atoms with Crippen molar-refractivity contribution in [3.8, 4) is 0 Å². The van der Waals surface area contributed by atoms with Crippen molar-refractivity contribution in [1.29, 1.82) is 0 Å². The zero-order valence-electron chi connectivity index (χ0n) is 7.53. The van der Waals surface area contributed by atoms with Gasteiger partial charge in [-0.2, -0.15) is 5.10 Å². The van der Waals surface area contributed by atoms with E-state index in [0.29, 0.717) is 5.56 Å². The number of amides is 1. The molecule has 68 valence electrons. The van der Waals surface area contributed by atoms with Gasteiger partial charge in [-0.1, -0.05) is 25.1 Å². The average Bonchev–Trinajstić information content (AvgIpc) is 2.19. The average molecular weight is 176 g/mol. The smallest absolute Gasteiger partial charge is 0.267 e. The van der Waals surface area contributed by atoms with Crippen molar-refractivity contribution in [2.75, 3.05) is 0 Å². The topological polar surface area (TPSA) is 41.5 Å². The summed E-state index contributed by atoms with van der Waals surface area (Å²) < 4.78 is 0. The molecule has 1 aromatic carbocycles. The van der Waals surface area contributed by atoms with Crippen LogP contribution in [0.15, 0.2) is 35.4 Å². The van der Waals surface area contributed by atoms with Crippen LogP contribution in [0.1, 0.15) is 23.7 Å². The van der Waals surface area contributed by atoms with Crippen LogP contribution in [0.25, 0.3) is 0 Å². The van der Waals surface area contributed by atoms with E-state index in [1.807, 2.05) is 25.1 Å². The van der Waals surface area contributed by atoms with Crippen molar-refractivity contribution in [1.82, 2.24) is 5.43 Å². The van der Waals surface area contributed by atoms with Crippen LogP contribution in [0, 0.1) is 0 Å². The predicted octanol–water partition coefficient (Wildman–Crippen LogP) is 1.81. The summed E-state index contributed by atoms with van der Waals surface area (Å²) in [4.78, 5) is 11.3. The summed E-state index contributed by atoms with van der Waals surface area (Å²) in [6.07, 6.45) is 2.47. The van der Waals surface area contributed by atoms with Crippen molar-refractivity contribution >= 4 is 12.1 Å². The number of carbonyl (C=O) groups is 1.